The summed E-state index contributed by atoms with van der Waals surface area (Å²) in [7, 11) is 0. The highest BCUT2D eigenvalue weighted by atomic mass is 16.4. The number of carboxylic acids is 1. The molecule has 0 aliphatic rings. The molecule has 0 aliphatic heterocycles. The van der Waals surface area contributed by atoms with Gasteiger partial charge in [0.25, 0.3) is 5.91 Å². The van der Waals surface area contributed by atoms with E-state index in [0.29, 0.717) is 17.7 Å². The van der Waals surface area contributed by atoms with Gasteiger partial charge in [0.2, 0.25) is 0 Å². The van der Waals surface area contributed by atoms with Crippen molar-refractivity contribution in [2.45, 2.75) is 19.5 Å². The molecule has 1 aromatic heterocycles. The predicted molar refractivity (Wildman–Crippen MR) is 164 cm³/mol. The van der Waals surface area contributed by atoms with Gasteiger partial charge in [0, 0.05) is 18.1 Å². The molecular weight excluding hydrogens is 522 g/mol. The highest BCUT2D eigenvalue weighted by Crippen LogP contribution is 2.30. The van der Waals surface area contributed by atoms with E-state index >= 15 is 0 Å². The third kappa shape index (κ3) is 5.24. The second-order valence-electron chi connectivity index (χ2n) is 10.4. The minimum atomic E-state index is -0.993. The topological polar surface area (TPSA) is 95.1 Å². The lowest BCUT2D eigenvalue weighted by molar-refractivity contribution is 0.0696. The highest BCUT2D eigenvalue weighted by Gasteiger charge is 2.19. The van der Waals surface area contributed by atoms with Crippen molar-refractivity contribution in [1.29, 1.82) is 5.26 Å². The first-order valence-corrected chi connectivity index (χ1v) is 13.6. The van der Waals surface area contributed by atoms with E-state index < -0.39 is 5.97 Å². The molecule has 6 nitrogen and oxygen atoms in total. The molecule has 1 atom stereocenters. The fourth-order valence-corrected chi connectivity index (χ4v) is 5.36. The summed E-state index contributed by atoms with van der Waals surface area (Å²) < 4.78 is 2.10. The Morgan fingerprint density at radius 1 is 0.833 bits per heavy atom. The van der Waals surface area contributed by atoms with Gasteiger partial charge in [-0.15, -0.1) is 0 Å². The number of rotatable bonds is 7. The standard InChI is InChI=1S/C36H27N3O3/c1-23(26-12-14-29(15-13-26)36(41)42)38-35(40)33-20-32(28-9-6-24(21-37)7-10-28)19-31-16-17-39(34(31)33)22-25-8-11-27-4-2-3-5-30(27)18-25/h2-20,23H,22H2,1H3,(H,38,40)(H,41,42)/t23-/m0/s1. The van der Waals surface area contributed by atoms with Crippen LogP contribution in [0.2, 0.25) is 0 Å². The van der Waals surface area contributed by atoms with Crippen LogP contribution in [-0.2, 0) is 6.54 Å². The van der Waals surface area contributed by atoms with Crippen LogP contribution in [-0.4, -0.2) is 21.6 Å². The van der Waals surface area contributed by atoms with E-state index in [1.54, 1.807) is 36.4 Å². The maximum absolute atomic E-state index is 13.9. The minimum Gasteiger partial charge on any atom is -0.478 e. The van der Waals surface area contributed by atoms with Gasteiger partial charge in [0.05, 0.1) is 34.3 Å². The number of aromatic nitrogens is 1. The summed E-state index contributed by atoms with van der Waals surface area (Å²) in [5.41, 5.74) is 5.84. The molecule has 5 aromatic carbocycles. The Balaban J connectivity index is 1.40. The molecule has 6 heteroatoms. The fraction of sp³-hybridized carbons (Fsp3) is 0.0833. The number of carboxylic acid groups (broad SMARTS) is 1. The van der Waals surface area contributed by atoms with Crippen molar-refractivity contribution >= 4 is 33.6 Å². The van der Waals surface area contributed by atoms with Crippen molar-refractivity contribution < 1.29 is 14.7 Å². The number of nitrogens with one attached hydrogen (secondary N) is 1. The second-order valence-corrected chi connectivity index (χ2v) is 10.4. The number of nitriles is 1. The van der Waals surface area contributed by atoms with E-state index in [4.69, 9.17) is 0 Å². The van der Waals surface area contributed by atoms with Crippen LogP contribution in [0.3, 0.4) is 0 Å². The number of fused-ring (bicyclic) bond motifs is 2. The Labute approximate surface area is 243 Å². The number of carbonyl (C=O) groups is 2. The largest absolute Gasteiger partial charge is 0.478 e. The predicted octanol–water partition coefficient (Wildman–Crippen LogP) is 7.57. The van der Waals surface area contributed by atoms with Gasteiger partial charge in [-0.05, 0) is 88.5 Å². The number of hydrogen-bond acceptors (Lipinski definition) is 3. The van der Waals surface area contributed by atoms with E-state index in [-0.39, 0.29) is 17.5 Å². The second kappa shape index (κ2) is 11.1. The Hall–Kier alpha value is -5.67. The van der Waals surface area contributed by atoms with Gasteiger partial charge in [-0.25, -0.2) is 4.79 Å². The zero-order valence-electron chi connectivity index (χ0n) is 22.9. The van der Waals surface area contributed by atoms with Crippen LogP contribution in [0.15, 0.2) is 115 Å². The molecule has 0 saturated carbocycles. The molecule has 0 spiro atoms. The van der Waals surface area contributed by atoms with Gasteiger partial charge in [0.15, 0.2) is 0 Å². The molecule has 2 N–H and O–H groups in total. The van der Waals surface area contributed by atoms with Crippen LogP contribution >= 0.6 is 0 Å². The number of nitrogens with zero attached hydrogens (tertiary/aromatic N) is 2. The Kier molecular flexibility index (Phi) is 7.00. The van der Waals surface area contributed by atoms with Crippen LogP contribution < -0.4 is 5.32 Å². The third-order valence-corrected chi connectivity index (χ3v) is 7.62. The maximum atomic E-state index is 13.9. The average molecular weight is 550 g/mol. The number of carbonyl (C=O) groups excluding carboxylic acids is 1. The minimum absolute atomic E-state index is 0.195. The van der Waals surface area contributed by atoms with Crippen molar-refractivity contribution in [2.75, 3.05) is 0 Å². The van der Waals surface area contributed by atoms with Gasteiger partial charge in [0.1, 0.15) is 0 Å². The lowest BCUT2D eigenvalue weighted by Gasteiger charge is -2.17. The van der Waals surface area contributed by atoms with Crippen molar-refractivity contribution in [3.63, 3.8) is 0 Å². The summed E-state index contributed by atoms with van der Waals surface area (Å²) in [6.07, 6.45) is 2.01. The monoisotopic (exact) mass is 549 g/mol. The first-order chi connectivity index (χ1) is 20.4. The van der Waals surface area contributed by atoms with Gasteiger partial charge < -0.3 is 15.0 Å². The SMILES string of the molecule is C[C@H](NC(=O)c1cc(-c2ccc(C#N)cc2)cc2ccn(Cc3ccc4ccccc4c3)c12)c1ccc(C(=O)O)cc1. The summed E-state index contributed by atoms with van der Waals surface area (Å²) >= 11 is 0. The Morgan fingerprint density at radius 2 is 1.57 bits per heavy atom. The van der Waals surface area contributed by atoms with Gasteiger partial charge >= 0.3 is 5.97 Å². The van der Waals surface area contributed by atoms with Crippen LogP contribution in [0, 0.1) is 11.3 Å². The van der Waals surface area contributed by atoms with Crippen LogP contribution in [0.5, 0.6) is 0 Å². The first-order valence-electron chi connectivity index (χ1n) is 13.6. The quantitative estimate of drug-likeness (QED) is 0.215. The van der Waals surface area contributed by atoms with E-state index in [9.17, 15) is 20.0 Å². The molecule has 0 aliphatic carbocycles. The zero-order valence-corrected chi connectivity index (χ0v) is 22.9. The maximum Gasteiger partial charge on any atom is 0.335 e. The number of hydrogen-bond donors (Lipinski definition) is 2. The summed E-state index contributed by atoms with van der Waals surface area (Å²) in [4.78, 5) is 25.2. The molecule has 0 bridgehead atoms. The van der Waals surface area contributed by atoms with Crippen molar-refractivity contribution in [3.8, 4) is 17.2 Å². The first kappa shape index (κ1) is 26.5. The molecule has 42 heavy (non-hydrogen) atoms. The lowest BCUT2D eigenvalue weighted by atomic mass is 9.98. The number of benzene rings is 5. The van der Waals surface area contributed by atoms with E-state index in [0.717, 1.165) is 38.5 Å². The molecule has 0 unspecified atom stereocenters. The molecule has 1 amide bonds. The molecule has 1 heterocycles. The van der Waals surface area contributed by atoms with Crippen molar-refractivity contribution in [3.05, 3.63) is 143 Å². The molecule has 0 saturated heterocycles. The molecule has 0 radical (unpaired) electrons. The third-order valence-electron chi connectivity index (χ3n) is 7.62. The van der Waals surface area contributed by atoms with Crippen molar-refractivity contribution in [1.82, 2.24) is 9.88 Å². The molecule has 204 valence electrons. The summed E-state index contributed by atoms with van der Waals surface area (Å²) in [5.74, 6) is -1.23. The van der Waals surface area contributed by atoms with Crippen LogP contribution in [0.1, 0.15) is 50.4 Å². The zero-order chi connectivity index (χ0) is 29.2. The summed E-state index contributed by atoms with van der Waals surface area (Å²) in [6, 6.07) is 36.3. The number of aromatic carboxylic acids is 1. The Bertz CT molecular complexity index is 2000. The molecule has 6 aromatic rings. The summed E-state index contributed by atoms with van der Waals surface area (Å²) in [6.45, 7) is 2.47. The van der Waals surface area contributed by atoms with Gasteiger partial charge in [-0.1, -0.05) is 60.7 Å². The van der Waals surface area contributed by atoms with E-state index in [1.807, 2.05) is 49.5 Å². The lowest BCUT2D eigenvalue weighted by Crippen LogP contribution is -2.27. The molecule has 0 fully saturated rings. The average Bonchev–Trinajstić information content (AvgIpc) is 3.42. The molecular formula is C36H27N3O3. The summed E-state index contributed by atoms with van der Waals surface area (Å²) in [5, 5.41) is 24.8. The highest BCUT2D eigenvalue weighted by molar-refractivity contribution is 6.08. The van der Waals surface area contributed by atoms with Crippen LogP contribution in [0.25, 0.3) is 32.8 Å². The van der Waals surface area contributed by atoms with Crippen molar-refractivity contribution in [2.24, 2.45) is 0 Å². The Morgan fingerprint density at radius 3 is 2.29 bits per heavy atom. The van der Waals surface area contributed by atoms with Gasteiger partial charge in [-0.3, -0.25) is 4.79 Å². The fourth-order valence-electron chi connectivity index (χ4n) is 5.36. The van der Waals surface area contributed by atoms with Gasteiger partial charge in [-0.2, -0.15) is 5.26 Å². The van der Waals surface area contributed by atoms with Crippen LogP contribution in [0.4, 0.5) is 0 Å². The smallest absolute Gasteiger partial charge is 0.335 e. The number of amides is 1. The normalized spacial score (nSPS) is 11.7. The van der Waals surface area contributed by atoms with E-state index in [1.165, 1.54) is 5.39 Å². The molecule has 6 rings (SSSR count). The van der Waals surface area contributed by atoms with E-state index in [2.05, 4.69) is 52.4 Å².